The van der Waals surface area contributed by atoms with Gasteiger partial charge < -0.3 is 10.6 Å². The average molecular weight is 459 g/mol. The highest BCUT2D eigenvalue weighted by Crippen LogP contribution is 2.20. The van der Waals surface area contributed by atoms with Gasteiger partial charge in [-0.15, -0.1) is 5.10 Å². The summed E-state index contributed by atoms with van der Waals surface area (Å²) in [5.74, 6) is -0.333. The number of rotatable bonds is 5. The molecule has 9 heteroatoms. The molecule has 3 heterocycles. The van der Waals surface area contributed by atoms with E-state index < -0.39 is 0 Å². The van der Waals surface area contributed by atoms with E-state index in [2.05, 4.69) is 70.4 Å². The molecule has 4 rings (SSSR count). The van der Waals surface area contributed by atoms with Gasteiger partial charge in [0.05, 0.1) is 24.0 Å². The van der Waals surface area contributed by atoms with Crippen molar-refractivity contribution in [1.29, 1.82) is 0 Å². The predicted molar refractivity (Wildman–Crippen MR) is 135 cm³/mol. The van der Waals surface area contributed by atoms with Crippen molar-refractivity contribution in [1.82, 2.24) is 34.8 Å². The number of pyridine rings is 1. The Hall–Kier alpha value is -4.14. The van der Waals surface area contributed by atoms with Crippen molar-refractivity contribution in [3.8, 4) is 0 Å². The minimum absolute atomic E-state index is 0.0138. The van der Waals surface area contributed by atoms with Gasteiger partial charge in [0, 0.05) is 42.9 Å². The number of hydrogen-bond acceptors (Lipinski definition) is 7. The second kappa shape index (κ2) is 10.2. The Bertz CT molecular complexity index is 1350. The molecule has 0 spiro atoms. The minimum Gasteiger partial charge on any atom is -0.375 e. The van der Waals surface area contributed by atoms with E-state index in [1.54, 1.807) is 23.2 Å². The number of carbonyl (C=O) groups is 1. The molecule has 0 aliphatic rings. The van der Waals surface area contributed by atoms with Crippen LogP contribution in [0.5, 0.6) is 0 Å². The van der Waals surface area contributed by atoms with Gasteiger partial charge in [-0.25, -0.2) is 14.6 Å². The van der Waals surface area contributed by atoms with Crippen molar-refractivity contribution >= 4 is 33.7 Å². The van der Waals surface area contributed by atoms with E-state index in [-0.39, 0.29) is 11.4 Å². The smallest absolute Gasteiger partial charge is 0.221 e. The number of benzene rings is 1. The monoisotopic (exact) mass is 458 g/mol. The molecule has 2 N–H and O–H groups in total. The Morgan fingerprint density at radius 1 is 1.24 bits per heavy atom. The average Bonchev–Trinajstić information content (AvgIpc) is 3.18. The number of carbonyl (C=O) groups excluding carboxylic acids is 1. The molecule has 0 saturated heterocycles. The lowest BCUT2D eigenvalue weighted by Crippen LogP contribution is -2.33. The minimum atomic E-state index is -0.333. The first-order valence-electron chi connectivity index (χ1n) is 10.8. The SMILES string of the molecule is C=C/C(=C\N(C)C(C)(C)C)c1cnc2nnn(Cc3ccc4ncccc4c3)c2n1.CC(N)=O. The van der Waals surface area contributed by atoms with Gasteiger partial charge in [-0.2, -0.15) is 0 Å². The molecule has 0 atom stereocenters. The lowest BCUT2D eigenvalue weighted by molar-refractivity contribution is -0.115. The Kier molecular flexibility index (Phi) is 7.35. The van der Waals surface area contributed by atoms with E-state index in [1.807, 2.05) is 31.4 Å². The van der Waals surface area contributed by atoms with Gasteiger partial charge in [0.1, 0.15) is 0 Å². The van der Waals surface area contributed by atoms with E-state index >= 15 is 0 Å². The summed E-state index contributed by atoms with van der Waals surface area (Å²) >= 11 is 0. The topological polar surface area (TPSA) is 116 Å². The van der Waals surface area contributed by atoms with Crippen LogP contribution in [-0.4, -0.2) is 53.3 Å². The molecule has 0 fully saturated rings. The summed E-state index contributed by atoms with van der Waals surface area (Å²) in [7, 11) is 2.04. The van der Waals surface area contributed by atoms with Crippen LogP contribution in [0.15, 0.2) is 61.6 Å². The van der Waals surface area contributed by atoms with E-state index in [1.165, 1.54) is 6.92 Å². The molecule has 1 amide bonds. The summed E-state index contributed by atoms with van der Waals surface area (Å²) in [4.78, 5) is 25.0. The van der Waals surface area contributed by atoms with Crippen molar-refractivity contribution in [2.24, 2.45) is 5.73 Å². The van der Waals surface area contributed by atoms with Gasteiger partial charge >= 0.3 is 0 Å². The molecule has 0 saturated carbocycles. The number of amides is 1. The van der Waals surface area contributed by atoms with Crippen molar-refractivity contribution < 1.29 is 4.79 Å². The molecule has 0 radical (unpaired) electrons. The first-order valence-corrected chi connectivity index (χ1v) is 10.8. The second-order valence-electron chi connectivity index (χ2n) is 8.86. The number of hydrogen-bond donors (Lipinski definition) is 1. The molecule has 34 heavy (non-hydrogen) atoms. The highest BCUT2D eigenvalue weighted by atomic mass is 16.1. The first kappa shape index (κ1) is 24.5. The molecule has 9 nitrogen and oxygen atoms in total. The molecular formula is C25H30N8O. The fraction of sp³-hybridized carbons (Fsp3) is 0.280. The summed E-state index contributed by atoms with van der Waals surface area (Å²) in [6, 6.07) is 10.2. The lowest BCUT2D eigenvalue weighted by atomic mass is 10.1. The van der Waals surface area contributed by atoms with Crippen LogP contribution in [0, 0.1) is 0 Å². The fourth-order valence-corrected chi connectivity index (χ4v) is 3.02. The van der Waals surface area contributed by atoms with Crippen molar-refractivity contribution in [3.63, 3.8) is 0 Å². The van der Waals surface area contributed by atoms with Gasteiger partial charge in [0.25, 0.3) is 0 Å². The van der Waals surface area contributed by atoms with Crippen LogP contribution in [-0.2, 0) is 11.3 Å². The fourth-order valence-electron chi connectivity index (χ4n) is 3.02. The zero-order valence-electron chi connectivity index (χ0n) is 20.2. The molecule has 0 aliphatic heterocycles. The van der Waals surface area contributed by atoms with E-state index in [0.29, 0.717) is 17.8 Å². The highest BCUT2D eigenvalue weighted by molar-refractivity contribution is 5.79. The number of primary amides is 1. The van der Waals surface area contributed by atoms with Crippen LogP contribution in [0.2, 0.25) is 0 Å². The van der Waals surface area contributed by atoms with Crippen molar-refractivity contribution in [3.05, 3.63) is 72.8 Å². The summed E-state index contributed by atoms with van der Waals surface area (Å²) in [5, 5.41) is 9.53. The van der Waals surface area contributed by atoms with Gasteiger partial charge in [0.2, 0.25) is 11.6 Å². The largest absolute Gasteiger partial charge is 0.375 e. The van der Waals surface area contributed by atoms with Crippen LogP contribution in [0.4, 0.5) is 0 Å². The molecule has 176 valence electrons. The number of nitrogens with zero attached hydrogens (tertiary/aromatic N) is 7. The Morgan fingerprint density at radius 2 is 1.97 bits per heavy atom. The van der Waals surface area contributed by atoms with Gasteiger partial charge in [0.15, 0.2) is 5.65 Å². The number of aromatic nitrogens is 6. The summed E-state index contributed by atoms with van der Waals surface area (Å²) in [5.41, 5.74) is 9.32. The summed E-state index contributed by atoms with van der Waals surface area (Å²) < 4.78 is 1.78. The molecule has 0 unspecified atom stereocenters. The molecular weight excluding hydrogens is 428 g/mol. The van der Waals surface area contributed by atoms with Gasteiger partial charge in [-0.3, -0.25) is 9.78 Å². The standard InChI is InChI=1S/C23H25N7.C2H5NO/c1-6-17(15-29(5)23(2,3)4)20-13-25-21-22(26-20)30(28-27-21)14-16-9-10-19-18(12-16)8-7-11-24-19;1-2(3)4/h6-13,15H,1,14H2,2-5H3;1H3,(H2,3,4)/b17-15+;. The maximum absolute atomic E-state index is 9.22. The van der Waals surface area contributed by atoms with Crippen LogP contribution in [0.25, 0.3) is 27.8 Å². The molecule has 0 aliphatic carbocycles. The van der Waals surface area contributed by atoms with Gasteiger partial charge in [-0.05, 0) is 44.5 Å². The maximum Gasteiger partial charge on any atom is 0.221 e. The third-order valence-corrected chi connectivity index (χ3v) is 5.13. The zero-order valence-corrected chi connectivity index (χ0v) is 20.2. The zero-order chi connectivity index (χ0) is 24.9. The lowest BCUT2D eigenvalue weighted by Gasteiger charge is -2.31. The van der Waals surface area contributed by atoms with Crippen LogP contribution >= 0.6 is 0 Å². The van der Waals surface area contributed by atoms with Crippen molar-refractivity contribution in [2.45, 2.75) is 39.8 Å². The van der Waals surface area contributed by atoms with Gasteiger partial charge in [-0.1, -0.05) is 30.0 Å². The molecule has 3 aromatic heterocycles. The van der Waals surface area contributed by atoms with Crippen LogP contribution in [0.1, 0.15) is 39.0 Å². The first-order chi connectivity index (χ1) is 16.1. The number of allylic oxidation sites excluding steroid dienone is 2. The Labute approximate surface area is 199 Å². The normalized spacial score (nSPS) is 11.7. The quantitative estimate of drug-likeness (QED) is 0.455. The van der Waals surface area contributed by atoms with Crippen LogP contribution < -0.4 is 5.73 Å². The molecule has 1 aromatic carbocycles. The van der Waals surface area contributed by atoms with Crippen molar-refractivity contribution in [2.75, 3.05) is 7.05 Å². The molecule has 4 aromatic rings. The number of nitrogens with two attached hydrogens (primary N) is 1. The van der Waals surface area contributed by atoms with E-state index in [4.69, 9.17) is 4.98 Å². The number of fused-ring (bicyclic) bond motifs is 2. The molecule has 0 bridgehead atoms. The third-order valence-electron chi connectivity index (χ3n) is 5.13. The van der Waals surface area contributed by atoms with E-state index in [9.17, 15) is 4.79 Å². The summed E-state index contributed by atoms with van der Waals surface area (Å²) in [6.07, 6.45) is 7.34. The van der Waals surface area contributed by atoms with E-state index in [0.717, 1.165) is 27.7 Å². The Balaban J connectivity index is 0.000000751. The van der Waals surface area contributed by atoms with Crippen LogP contribution in [0.3, 0.4) is 0 Å². The maximum atomic E-state index is 9.22. The second-order valence-corrected chi connectivity index (χ2v) is 8.86. The Morgan fingerprint density at radius 3 is 2.65 bits per heavy atom. The summed E-state index contributed by atoms with van der Waals surface area (Å²) in [6.45, 7) is 12.3. The predicted octanol–water partition coefficient (Wildman–Crippen LogP) is 3.57. The highest BCUT2D eigenvalue weighted by Gasteiger charge is 2.16. The third kappa shape index (κ3) is 6.00.